The number of carboxylic acids is 1. The molecule has 0 aromatic rings. The van der Waals surface area contributed by atoms with Gasteiger partial charge in [-0.25, -0.2) is 0 Å². The Labute approximate surface area is 270 Å². The van der Waals surface area contributed by atoms with Crippen molar-refractivity contribution >= 4 is 34.8 Å². The van der Waals surface area contributed by atoms with E-state index in [4.69, 9.17) is 10.6 Å². The molecule has 6 rings (SSSR count). The van der Waals surface area contributed by atoms with Crippen LogP contribution in [0.3, 0.4) is 0 Å². The van der Waals surface area contributed by atoms with Crippen molar-refractivity contribution in [1.82, 2.24) is 10.6 Å². The van der Waals surface area contributed by atoms with Gasteiger partial charge in [-0.2, -0.15) is 0 Å². The first-order valence-corrected chi connectivity index (χ1v) is 17.0. The van der Waals surface area contributed by atoms with Crippen molar-refractivity contribution < 1.29 is 14.7 Å². The minimum Gasteiger partial charge on any atom is -0.656 e. The minimum atomic E-state index is -0.729. The van der Waals surface area contributed by atoms with E-state index in [1.807, 2.05) is 0 Å². The van der Waals surface area contributed by atoms with Crippen LogP contribution in [0.25, 0.3) is 10.6 Å². The van der Waals surface area contributed by atoms with Crippen molar-refractivity contribution in [2.45, 2.75) is 134 Å². The molecule has 8 heteroatoms. The summed E-state index contributed by atoms with van der Waals surface area (Å²) in [5, 5.41) is 28.8. The normalized spacial score (nSPS) is 51.5. The van der Waals surface area contributed by atoms with Gasteiger partial charge in [-0.15, -0.1) is 30.7 Å². The predicted octanol–water partition coefficient (Wildman–Crippen LogP) is 5.17. The molecule has 5 aliphatic heterocycles. The van der Waals surface area contributed by atoms with Crippen LogP contribution in [-0.2, 0) is 9.59 Å². The number of fused-ring (bicyclic) bond motifs is 8. The van der Waals surface area contributed by atoms with Crippen LogP contribution in [0.2, 0.25) is 0 Å². The standard InChI is InChI=1S/C34H54N4O3.Mg/c1-7-19-16(4)24-13-26-18(6)22(10-11-31(40)41)33(37-26)23-12-30(39)32-21(9-3)29(38-34(23)32)15-28-20(8-2)17(5)25(36-28)14-27(19)35-24;/h7,16-29,32-34,36-37H,1,8-15H2,2-6H3,(H,40,41);/q-2;+2/t16?,17?,18-,19?,20?,21?,22-,23?,24?,25?,26?,27?,28?,29?,32?,33?,34?;/m0./s1. The van der Waals surface area contributed by atoms with Crippen LogP contribution in [-0.4, -0.2) is 88.2 Å². The average molecular weight is 591 g/mol. The third-order valence-corrected chi connectivity index (χ3v) is 13.3. The smallest absolute Gasteiger partial charge is 0.656 e. The van der Waals surface area contributed by atoms with Crippen LogP contribution in [0.5, 0.6) is 0 Å². The molecule has 1 saturated carbocycles. The number of hydrogen-bond donors (Lipinski definition) is 3. The van der Waals surface area contributed by atoms with Gasteiger partial charge in [0.15, 0.2) is 0 Å². The zero-order valence-electron chi connectivity index (χ0n) is 26.6. The zero-order chi connectivity index (χ0) is 29.2. The molecule has 5 saturated heterocycles. The topological polar surface area (TPSA) is 107 Å². The van der Waals surface area contributed by atoms with Crippen LogP contribution in [0, 0.1) is 53.3 Å². The Balaban J connectivity index is 0.00000353. The fraction of sp³-hybridized carbons (Fsp3) is 0.882. The summed E-state index contributed by atoms with van der Waals surface area (Å²) < 4.78 is 0. The van der Waals surface area contributed by atoms with Gasteiger partial charge >= 0.3 is 29.0 Å². The first kappa shape index (κ1) is 32.9. The summed E-state index contributed by atoms with van der Waals surface area (Å²) in [4.78, 5) is 25.4. The second-order valence-electron chi connectivity index (χ2n) is 14.9. The molecular weight excluding hydrogens is 537 g/mol. The van der Waals surface area contributed by atoms with Crippen LogP contribution in [0.15, 0.2) is 12.7 Å². The van der Waals surface area contributed by atoms with Gasteiger partial charge in [-0.05, 0) is 47.8 Å². The summed E-state index contributed by atoms with van der Waals surface area (Å²) in [6.45, 7) is 16.0. The first-order valence-electron chi connectivity index (χ1n) is 17.0. The molecule has 0 aromatic heterocycles. The van der Waals surface area contributed by atoms with Crippen molar-refractivity contribution in [3.05, 3.63) is 23.3 Å². The maximum atomic E-state index is 13.7. The number of carbonyl (C=O) groups excluding carboxylic acids is 1. The molecule has 0 radical (unpaired) electrons. The van der Waals surface area contributed by atoms with Crippen molar-refractivity contribution in [1.29, 1.82) is 0 Å². The van der Waals surface area contributed by atoms with Gasteiger partial charge in [0.2, 0.25) is 0 Å². The maximum Gasteiger partial charge on any atom is 2.00 e. The number of hydrogen-bond acceptors (Lipinski definition) is 4. The Hall–Kier alpha value is -0.514. The van der Waals surface area contributed by atoms with E-state index in [-0.39, 0.29) is 77.4 Å². The molecule has 17 atom stereocenters. The molecule has 8 bridgehead atoms. The largest absolute Gasteiger partial charge is 2.00 e. The molecule has 0 amide bonds. The molecule has 6 fully saturated rings. The number of carbonyl (C=O) groups is 2. The molecule has 230 valence electrons. The fourth-order valence-electron chi connectivity index (χ4n) is 11.0. The van der Waals surface area contributed by atoms with E-state index in [1.54, 1.807) is 0 Å². The maximum absolute atomic E-state index is 13.7. The molecule has 15 unspecified atom stereocenters. The van der Waals surface area contributed by atoms with Gasteiger partial charge in [-0.3, -0.25) is 9.59 Å². The summed E-state index contributed by atoms with van der Waals surface area (Å²) >= 11 is 0. The Morgan fingerprint density at radius 2 is 1.55 bits per heavy atom. The quantitative estimate of drug-likeness (QED) is 0.292. The van der Waals surface area contributed by atoms with E-state index in [1.165, 1.54) is 0 Å². The van der Waals surface area contributed by atoms with Gasteiger partial charge in [0.25, 0.3) is 0 Å². The van der Waals surface area contributed by atoms with Crippen LogP contribution >= 0.6 is 0 Å². The van der Waals surface area contributed by atoms with Gasteiger partial charge in [0, 0.05) is 42.9 Å². The third-order valence-electron chi connectivity index (χ3n) is 13.3. The van der Waals surface area contributed by atoms with Gasteiger partial charge in [-0.1, -0.05) is 78.7 Å². The molecule has 1 aliphatic carbocycles. The zero-order valence-corrected chi connectivity index (χ0v) is 28.0. The second kappa shape index (κ2) is 13.1. The summed E-state index contributed by atoms with van der Waals surface area (Å²) in [6.07, 6.45) is 8.82. The summed E-state index contributed by atoms with van der Waals surface area (Å²) in [7, 11) is 0. The Bertz CT molecular complexity index is 1010. The number of rotatable bonds is 6. The molecular formula is C34H54MgN4O3. The van der Waals surface area contributed by atoms with Crippen LogP contribution in [0.4, 0.5) is 0 Å². The number of ketones is 1. The molecule has 42 heavy (non-hydrogen) atoms. The van der Waals surface area contributed by atoms with E-state index in [0.29, 0.717) is 72.3 Å². The van der Waals surface area contributed by atoms with Crippen molar-refractivity contribution in [3.63, 3.8) is 0 Å². The van der Waals surface area contributed by atoms with Gasteiger partial charge in [0.05, 0.1) is 0 Å². The molecule has 6 aliphatic rings. The number of nitrogens with zero attached hydrogens (tertiary/aromatic N) is 2. The van der Waals surface area contributed by atoms with E-state index in [2.05, 4.69) is 57.9 Å². The Morgan fingerprint density at radius 3 is 2.21 bits per heavy atom. The first-order chi connectivity index (χ1) is 19.7. The van der Waals surface area contributed by atoms with E-state index < -0.39 is 5.97 Å². The SMILES string of the molecule is C=CC1C2CC3NC(CC4[N-]C5C(CC(=O)C5C4CC)C4NC(CC([N-]2)C1C)[C@@H](C)[C@@H]4CCC(=O)O)C(CC)C3C.[Mg+2]. The van der Waals surface area contributed by atoms with E-state index in [0.717, 1.165) is 32.1 Å². The number of nitrogens with one attached hydrogen (secondary N) is 2. The molecule has 7 nitrogen and oxygen atoms in total. The Morgan fingerprint density at radius 1 is 0.905 bits per heavy atom. The van der Waals surface area contributed by atoms with Gasteiger partial charge in [0.1, 0.15) is 5.78 Å². The fourth-order valence-corrected chi connectivity index (χ4v) is 11.0. The molecule has 0 spiro atoms. The number of aliphatic carboxylic acids is 1. The van der Waals surface area contributed by atoms with Crippen LogP contribution < -0.4 is 10.6 Å². The average Bonchev–Trinajstić information content (AvgIpc) is 3.69. The van der Waals surface area contributed by atoms with E-state index in [9.17, 15) is 14.7 Å². The van der Waals surface area contributed by atoms with Crippen molar-refractivity contribution in [2.24, 2.45) is 53.3 Å². The molecule has 5 heterocycles. The van der Waals surface area contributed by atoms with Gasteiger partial charge < -0.3 is 26.4 Å². The second-order valence-corrected chi connectivity index (χ2v) is 14.9. The summed E-state index contributed by atoms with van der Waals surface area (Å²) in [6, 6.07) is 2.15. The monoisotopic (exact) mass is 590 g/mol. The third kappa shape index (κ3) is 5.57. The minimum absolute atomic E-state index is 0. The molecule has 0 aromatic carbocycles. The van der Waals surface area contributed by atoms with E-state index >= 15 is 0 Å². The van der Waals surface area contributed by atoms with Crippen molar-refractivity contribution in [2.75, 3.05) is 0 Å². The molecule has 3 N–H and O–H groups in total. The number of carboxylic acid groups (broad SMARTS) is 1. The van der Waals surface area contributed by atoms with Crippen molar-refractivity contribution in [3.8, 4) is 0 Å². The Kier molecular flexibility index (Phi) is 10.2. The predicted molar refractivity (Wildman–Crippen MR) is 169 cm³/mol. The van der Waals surface area contributed by atoms with Crippen LogP contribution in [0.1, 0.15) is 86.0 Å². The summed E-state index contributed by atoms with van der Waals surface area (Å²) in [5.41, 5.74) is 0. The number of Topliss-reactive ketones (excluding diaryl/α,β-unsaturated/α-hetero) is 1. The summed E-state index contributed by atoms with van der Waals surface area (Å²) in [5.74, 6) is 2.84.